The molecule has 0 radical (unpaired) electrons. The molecule has 29 heavy (non-hydrogen) atoms. The van der Waals surface area contributed by atoms with E-state index in [0.717, 1.165) is 29.6 Å². The van der Waals surface area contributed by atoms with E-state index in [1.807, 2.05) is 36.7 Å². The molecule has 0 spiro atoms. The lowest BCUT2D eigenvalue weighted by Crippen LogP contribution is -2.25. The maximum Gasteiger partial charge on any atom is 0.135 e. The summed E-state index contributed by atoms with van der Waals surface area (Å²) in [6.07, 6.45) is 9.71. The summed E-state index contributed by atoms with van der Waals surface area (Å²) in [4.78, 5) is 4.48. The smallest absolute Gasteiger partial charge is 0.135 e. The zero-order valence-electron chi connectivity index (χ0n) is 16.9. The number of halogens is 1. The quantitative estimate of drug-likeness (QED) is 0.389. The van der Waals surface area contributed by atoms with Crippen molar-refractivity contribution in [1.29, 1.82) is 0 Å². The maximum atomic E-state index is 9.52. The molecule has 0 unspecified atom stereocenters. The summed E-state index contributed by atoms with van der Waals surface area (Å²) in [7, 11) is 0. The van der Waals surface area contributed by atoms with E-state index in [9.17, 15) is 5.11 Å². The average molecular weight is 414 g/mol. The van der Waals surface area contributed by atoms with Crippen molar-refractivity contribution in [3.63, 3.8) is 0 Å². The number of nitrogens with two attached hydrogens (primary N) is 1. The summed E-state index contributed by atoms with van der Waals surface area (Å²) in [5.74, 6) is 0.422. The minimum atomic E-state index is 0.0912. The zero-order chi connectivity index (χ0) is 20.8. The molecular formula is C22H28ClN5O. The van der Waals surface area contributed by atoms with Gasteiger partial charge in [0.25, 0.3) is 0 Å². The van der Waals surface area contributed by atoms with E-state index in [2.05, 4.69) is 15.4 Å². The summed E-state index contributed by atoms with van der Waals surface area (Å²) in [6.45, 7) is 4.00. The van der Waals surface area contributed by atoms with Crippen molar-refractivity contribution in [3.8, 4) is 5.75 Å². The highest BCUT2D eigenvalue weighted by atomic mass is 35.5. The van der Waals surface area contributed by atoms with Crippen molar-refractivity contribution < 1.29 is 5.11 Å². The van der Waals surface area contributed by atoms with Crippen LogP contribution in [-0.4, -0.2) is 26.6 Å². The number of amidine groups is 1. The highest BCUT2D eigenvalue weighted by Gasteiger charge is 2.19. The topological polar surface area (TPSA) is 87.9 Å². The molecule has 0 atom stereocenters. The first kappa shape index (κ1) is 21.0. The van der Waals surface area contributed by atoms with Gasteiger partial charge in [0.05, 0.1) is 33.7 Å². The van der Waals surface area contributed by atoms with Crippen molar-refractivity contribution >= 4 is 34.3 Å². The van der Waals surface area contributed by atoms with Crippen molar-refractivity contribution in [2.45, 2.75) is 52.0 Å². The number of hydrogen-bond acceptors (Lipinski definition) is 4. The molecule has 1 saturated carbocycles. The molecule has 4 rings (SSSR count). The molecule has 0 aliphatic heterocycles. The fourth-order valence-corrected chi connectivity index (χ4v) is 3.78. The molecule has 7 heteroatoms. The van der Waals surface area contributed by atoms with Gasteiger partial charge in [0, 0.05) is 18.3 Å². The van der Waals surface area contributed by atoms with E-state index in [4.69, 9.17) is 17.3 Å². The molecule has 154 valence electrons. The second-order valence-electron chi connectivity index (χ2n) is 6.88. The third-order valence-corrected chi connectivity index (χ3v) is 5.27. The number of nitrogens with zero attached hydrogens (tertiary/aromatic N) is 3. The molecular weight excluding hydrogens is 386 g/mol. The normalized spacial score (nSPS) is 15.1. The number of benzene rings is 1. The van der Waals surface area contributed by atoms with Gasteiger partial charge < -0.3 is 16.2 Å². The minimum Gasteiger partial charge on any atom is -0.508 e. The Morgan fingerprint density at radius 3 is 2.72 bits per heavy atom. The number of fused-ring (bicyclic) bond motifs is 1. The van der Waals surface area contributed by atoms with Crippen LogP contribution in [0.15, 0.2) is 47.7 Å². The van der Waals surface area contributed by atoms with Gasteiger partial charge in [-0.05, 0) is 37.1 Å². The van der Waals surface area contributed by atoms with Crippen molar-refractivity contribution in [2.75, 3.05) is 5.32 Å². The van der Waals surface area contributed by atoms with Gasteiger partial charge in [-0.1, -0.05) is 44.7 Å². The predicted molar refractivity (Wildman–Crippen MR) is 121 cm³/mol. The summed E-state index contributed by atoms with van der Waals surface area (Å²) < 4.78 is 1.83. The van der Waals surface area contributed by atoms with Crippen LogP contribution in [0.3, 0.4) is 0 Å². The SMILES string of the molecule is CC.NC(=Nc1ccc(O)cc1Cl)c1cnn2cccc2c1NC1CCCCC1. The summed E-state index contributed by atoms with van der Waals surface area (Å²) in [5.41, 5.74) is 9.50. The standard InChI is InChI=1S/C20H22ClN5O.C2H6/c21-16-11-14(27)8-9-17(16)25-20(22)15-12-23-26-10-4-7-18(26)19(15)24-13-5-2-1-3-6-13;1-2/h4,7-13,24,27H,1-3,5-6H2,(H2,22,25);1-2H3. The fraction of sp³-hybridized carbons (Fsp3) is 0.364. The molecule has 3 aromatic rings. The number of phenols is 1. The second-order valence-corrected chi connectivity index (χ2v) is 7.29. The molecule has 0 amide bonds. The van der Waals surface area contributed by atoms with Gasteiger partial charge in [0.15, 0.2) is 0 Å². The average Bonchev–Trinajstić information content (AvgIpc) is 3.22. The molecule has 2 aromatic heterocycles. The van der Waals surface area contributed by atoms with Gasteiger partial charge in [-0.3, -0.25) is 0 Å². The highest BCUT2D eigenvalue weighted by molar-refractivity contribution is 6.33. The van der Waals surface area contributed by atoms with Gasteiger partial charge in [-0.2, -0.15) is 5.10 Å². The third kappa shape index (κ3) is 4.82. The number of rotatable bonds is 4. The van der Waals surface area contributed by atoms with E-state index in [1.54, 1.807) is 12.3 Å². The summed E-state index contributed by atoms with van der Waals surface area (Å²) in [6, 6.07) is 9.02. The first-order valence-corrected chi connectivity index (χ1v) is 10.6. The van der Waals surface area contributed by atoms with Crippen molar-refractivity contribution in [3.05, 3.63) is 53.3 Å². The first-order chi connectivity index (χ1) is 14.1. The largest absolute Gasteiger partial charge is 0.508 e. The number of aromatic nitrogens is 2. The van der Waals surface area contributed by atoms with Gasteiger partial charge in [-0.25, -0.2) is 9.51 Å². The summed E-state index contributed by atoms with van der Waals surface area (Å²) >= 11 is 6.18. The fourth-order valence-electron chi connectivity index (χ4n) is 3.57. The van der Waals surface area contributed by atoms with Crippen LogP contribution in [0.2, 0.25) is 5.02 Å². The summed E-state index contributed by atoms with van der Waals surface area (Å²) in [5, 5.41) is 18.0. The third-order valence-electron chi connectivity index (χ3n) is 4.97. The lowest BCUT2D eigenvalue weighted by Gasteiger charge is -2.25. The lowest BCUT2D eigenvalue weighted by molar-refractivity contribution is 0.463. The zero-order valence-corrected chi connectivity index (χ0v) is 17.7. The van der Waals surface area contributed by atoms with E-state index in [1.165, 1.54) is 31.4 Å². The molecule has 1 aliphatic carbocycles. The molecule has 0 bridgehead atoms. The highest BCUT2D eigenvalue weighted by Crippen LogP contribution is 2.31. The molecule has 1 fully saturated rings. The molecule has 4 N–H and O–H groups in total. The van der Waals surface area contributed by atoms with Gasteiger partial charge in [-0.15, -0.1) is 0 Å². The Bertz CT molecular complexity index is 992. The van der Waals surface area contributed by atoms with Crippen molar-refractivity contribution in [1.82, 2.24) is 9.61 Å². The van der Waals surface area contributed by atoms with E-state index in [-0.39, 0.29) is 5.75 Å². The number of anilines is 1. The van der Waals surface area contributed by atoms with Crippen LogP contribution in [0.4, 0.5) is 11.4 Å². The van der Waals surface area contributed by atoms with Crippen LogP contribution in [0.25, 0.3) is 5.52 Å². The molecule has 0 saturated heterocycles. The molecule has 1 aliphatic rings. The Kier molecular flexibility index (Phi) is 6.99. The number of nitrogens with one attached hydrogen (secondary N) is 1. The van der Waals surface area contributed by atoms with Gasteiger partial charge >= 0.3 is 0 Å². The van der Waals surface area contributed by atoms with Crippen LogP contribution in [0.5, 0.6) is 5.75 Å². The number of hydrogen-bond donors (Lipinski definition) is 3. The Balaban J connectivity index is 0.00000117. The predicted octanol–water partition coefficient (Wildman–Crippen LogP) is 5.50. The van der Waals surface area contributed by atoms with E-state index < -0.39 is 0 Å². The van der Waals surface area contributed by atoms with Crippen LogP contribution in [0, 0.1) is 0 Å². The Labute approximate surface area is 176 Å². The lowest BCUT2D eigenvalue weighted by atomic mass is 9.95. The van der Waals surface area contributed by atoms with E-state index >= 15 is 0 Å². The monoisotopic (exact) mass is 413 g/mol. The van der Waals surface area contributed by atoms with Crippen LogP contribution < -0.4 is 11.1 Å². The molecule has 2 heterocycles. The molecule has 6 nitrogen and oxygen atoms in total. The van der Waals surface area contributed by atoms with Gasteiger partial charge in [0.1, 0.15) is 11.6 Å². The Morgan fingerprint density at radius 2 is 2.00 bits per heavy atom. The Morgan fingerprint density at radius 1 is 1.24 bits per heavy atom. The number of aromatic hydroxyl groups is 1. The van der Waals surface area contributed by atoms with Crippen LogP contribution in [-0.2, 0) is 0 Å². The van der Waals surface area contributed by atoms with Crippen molar-refractivity contribution in [2.24, 2.45) is 10.7 Å². The number of phenolic OH excluding ortho intramolecular Hbond substituents is 1. The van der Waals surface area contributed by atoms with Gasteiger partial charge in [0.2, 0.25) is 0 Å². The van der Waals surface area contributed by atoms with E-state index in [0.29, 0.717) is 22.6 Å². The first-order valence-electron chi connectivity index (χ1n) is 10.2. The number of aliphatic imine (C=N–C) groups is 1. The Hall–Kier alpha value is -2.73. The second kappa shape index (κ2) is 9.65. The molecule has 1 aromatic carbocycles. The van der Waals surface area contributed by atoms with Crippen LogP contribution in [0.1, 0.15) is 51.5 Å². The maximum absolute atomic E-state index is 9.52. The van der Waals surface area contributed by atoms with Crippen LogP contribution >= 0.6 is 11.6 Å². The minimum absolute atomic E-state index is 0.0912.